The summed E-state index contributed by atoms with van der Waals surface area (Å²) in [7, 11) is 0. The van der Waals surface area contributed by atoms with Crippen molar-refractivity contribution in [1.29, 1.82) is 0 Å². The molecule has 4 heteroatoms. The first-order valence-electron chi connectivity index (χ1n) is 19.7. The minimum atomic E-state index is -0.0495. The monoisotopic (exact) mass is 746 g/mol. The zero-order valence-corrected chi connectivity index (χ0v) is 32.2. The largest absolute Gasteiger partial charge is 0.456 e. The minimum Gasteiger partial charge on any atom is -0.456 e. The van der Waals surface area contributed by atoms with E-state index in [1.54, 1.807) is 0 Å². The molecule has 1 aliphatic rings. The Morgan fingerprint density at radius 2 is 1.11 bits per heavy atom. The van der Waals surface area contributed by atoms with Crippen LogP contribution in [0.4, 0.5) is 0 Å². The van der Waals surface area contributed by atoms with Crippen molar-refractivity contribution in [3.63, 3.8) is 0 Å². The van der Waals surface area contributed by atoms with Crippen LogP contribution in [0.1, 0.15) is 25.0 Å². The molecule has 0 bridgehead atoms. The van der Waals surface area contributed by atoms with Gasteiger partial charge in [-0.1, -0.05) is 111 Å². The van der Waals surface area contributed by atoms with Crippen molar-refractivity contribution < 1.29 is 4.42 Å². The normalized spacial score (nSPS) is 13.6. The predicted molar refractivity (Wildman–Crippen MR) is 241 cm³/mol. The van der Waals surface area contributed by atoms with Crippen LogP contribution >= 0.6 is 11.3 Å². The Kier molecular flexibility index (Phi) is 6.12. The van der Waals surface area contributed by atoms with Crippen LogP contribution in [-0.4, -0.2) is 9.13 Å². The highest BCUT2D eigenvalue weighted by Crippen LogP contribution is 2.50. The maximum atomic E-state index is 6.51. The highest BCUT2D eigenvalue weighted by molar-refractivity contribution is 7.25. The molecule has 8 aromatic carbocycles. The number of hydrogen-bond donors (Lipinski definition) is 0. The van der Waals surface area contributed by atoms with E-state index in [1.807, 2.05) is 11.3 Å². The molecular formula is C53H34N2OS. The van der Waals surface area contributed by atoms with Gasteiger partial charge in [0.05, 0.1) is 16.6 Å². The fourth-order valence-corrected chi connectivity index (χ4v) is 11.4. The van der Waals surface area contributed by atoms with E-state index in [9.17, 15) is 0 Å². The van der Waals surface area contributed by atoms with Crippen LogP contribution < -0.4 is 0 Å². The van der Waals surface area contributed by atoms with Gasteiger partial charge in [0, 0.05) is 59.2 Å². The molecule has 0 fully saturated rings. The van der Waals surface area contributed by atoms with E-state index in [2.05, 4.69) is 193 Å². The molecule has 0 unspecified atom stereocenters. The van der Waals surface area contributed by atoms with E-state index >= 15 is 0 Å². The van der Waals surface area contributed by atoms with Crippen LogP contribution in [0.2, 0.25) is 0 Å². The Labute approximate surface area is 332 Å². The van der Waals surface area contributed by atoms with Crippen molar-refractivity contribution in [2.75, 3.05) is 0 Å². The van der Waals surface area contributed by atoms with Gasteiger partial charge in [0.2, 0.25) is 0 Å². The number of aromatic nitrogens is 2. The lowest BCUT2D eigenvalue weighted by atomic mass is 9.82. The number of thiophene rings is 1. The molecule has 268 valence electrons. The van der Waals surface area contributed by atoms with E-state index in [-0.39, 0.29) is 5.41 Å². The average molecular weight is 747 g/mol. The van der Waals surface area contributed by atoms with E-state index in [1.165, 1.54) is 97.5 Å². The van der Waals surface area contributed by atoms with Crippen molar-refractivity contribution in [2.24, 2.45) is 0 Å². The number of benzene rings is 8. The van der Waals surface area contributed by atoms with Crippen LogP contribution in [0.25, 0.3) is 109 Å². The van der Waals surface area contributed by atoms with Crippen molar-refractivity contribution in [2.45, 2.75) is 19.3 Å². The van der Waals surface area contributed by atoms with Gasteiger partial charge < -0.3 is 13.6 Å². The second-order valence-corrected chi connectivity index (χ2v) is 17.1. The molecule has 0 amide bonds. The molecule has 0 N–H and O–H groups in total. The first-order valence-corrected chi connectivity index (χ1v) is 20.5. The van der Waals surface area contributed by atoms with Gasteiger partial charge in [0.1, 0.15) is 16.0 Å². The second-order valence-electron chi connectivity index (χ2n) is 16.1. The van der Waals surface area contributed by atoms with E-state index in [0.29, 0.717) is 0 Å². The third-order valence-electron chi connectivity index (χ3n) is 12.7. The average Bonchev–Trinajstić information content (AvgIpc) is 4.03. The van der Waals surface area contributed by atoms with Crippen molar-refractivity contribution in [3.05, 3.63) is 181 Å². The summed E-state index contributed by atoms with van der Waals surface area (Å²) in [5, 5.41) is 8.65. The summed E-state index contributed by atoms with van der Waals surface area (Å²) >= 11 is 1.87. The minimum absolute atomic E-state index is 0.0495. The lowest BCUT2D eigenvalue weighted by Gasteiger charge is -2.21. The summed E-state index contributed by atoms with van der Waals surface area (Å²) in [5.74, 6) is 0. The van der Waals surface area contributed by atoms with Crippen molar-refractivity contribution >= 4 is 86.3 Å². The highest BCUT2D eigenvalue weighted by atomic mass is 32.1. The summed E-state index contributed by atoms with van der Waals surface area (Å²) in [5.41, 5.74) is 15.5. The Hall–Kier alpha value is -6.88. The topological polar surface area (TPSA) is 23.0 Å². The Balaban J connectivity index is 1.09. The molecule has 0 atom stereocenters. The first kappa shape index (κ1) is 31.3. The van der Waals surface area contributed by atoms with Crippen molar-refractivity contribution in [3.8, 4) is 33.6 Å². The molecule has 0 aliphatic heterocycles. The van der Waals surface area contributed by atoms with Gasteiger partial charge in [-0.15, -0.1) is 11.3 Å². The molecule has 0 spiro atoms. The Morgan fingerprint density at radius 1 is 0.439 bits per heavy atom. The standard InChI is InChI=1S/C53H34N2OS/c1-53(2)41-17-9-6-14-35(41)38-30-34(22-23-42(38)53)54-43-24-20-32(29-40(43)50-45(54)26-27-47-51(50)36-15-7-10-18-46(36)56-47)31-21-25-44-39(28-31)49-37-16-8-11-19-48(37)57-52(49)55(44)33-12-4-3-5-13-33/h3-30H,1-2H3. The molecule has 3 nitrogen and oxygen atoms in total. The summed E-state index contributed by atoms with van der Waals surface area (Å²) in [4.78, 5) is 1.28. The maximum absolute atomic E-state index is 6.51. The summed E-state index contributed by atoms with van der Waals surface area (Å²) < 4.78 is 12.7. The van der Waals surface area contributed by atoms with Crippen LogP contribution in [-0.2, 0) is 5.41 Å². The zero-order valence-electron chi connectivity index (χ0n) is 31.4. The van der Waals surface area contributed by atoms with Crippen LogP contribution in [0.3, 0.4) is 0 Å². The van der Waals surface area contributed by atoms with E-state index in [0.717, 1.165) is 22.2 Å². The fourth-order valence-electron chi connectivity index (χ4n) is 10.1. The number of nitrogens with zero attached hydrogens (tertiary/aromatic N) is 2. The second kappa shape index (κ2) is 11.1. The first-order chi connectivity index (χ1) is 28.0. The summed E-state index contributed by atoms with van der Waals surface area (Å²) in [6.45, 7) is 4.69. The van der Waals surface area contributed by atoms with E-state index < -0.39 is 0 Å². The number of hydrogen-bond acceptors (Lipinski definition) is 2. The molecule has 13 rings (SSSR count). The zero-order chi connectivity index (χ0) is 37.6. The number of rotatable bonds is 3. The lowest BCUT2D eigenvalue weighted by molar-refractivity contribution is 0.660. The predicted octanol–water partition coefficient (Wildman–Crippen LogP) is 15.0. The summed E-state index contributed by atoms with van der Waals surface area (Å²) in [6.07, 6.45) is 0. The van der Waals surface area contributed by atoms with Gasteiger partial charge >= 0.3 is 0 Å². The molecule has 4 heterocycles. The molecule has 12 aromatic rings. The quantitative estimate of drug-likeness (QED) is 0.177. The van der Waals surface area contributed by atoms with Gasteiger partial charge in [-0.05, 0) is 106 Å². The summed E-state index contributed by atoms with van der Waals surface area (Å²) in [6, 6.07) is 62.5. The molecular weight excluding hydrogens is 713 g/mol. The lowest BCUT2D eigenvalue weighted by Crippen LogP contribution is -2.14. The van der Waals surface area contributed by atoms with Crippen molar-refractivity contribution in [1.82, 2.24) is 9.13 Å². The van der Waals surface area contributed by atoms with Gasteiger partial charge in [-0.3, -0.25) is 0 Å². The third-order valence-corrected chi connectivity index (χ3v) is 13.9. The molecule has 4 aromatic heterocycles. The van der Waals surface area contributed by atoms with E-state index in [4.69, 9.17) is 4.42 Å². The van der Waals surface area contributed by atoms with Gasteiger partial charge in [0.15, 0.2) is 0 Å². The fraction of sp³-hybridized carbons (Fsp3) is 0.0566. The van der Waals surface area contributed by atoms with Gasteiger partial charge in [-0.25, -0.2) is 0 Å². The molecule has 0 radical (unpaired) electrons. The molecule has 0 saturated heterocycles. The van der Waals surface area contributed by atoms with Crippen LogP contribution in [0.5, 0.6) is 0 Å². The number of fused-ring (bicyclic) bond motifs is 15. The third kappa shape index (κ3) is 4.15. The SMILES string of the molecule is CC1(C)c2ccccc2-c2cc(-n3c4ccc(-c5ccc6c(c5)c5c7ccccc7sc5n6-c5ccccc5)cc4c4c5c(ccc43)oc3ccccc35)ccc21. The molecule has 1 aliphatic carbocycles. The molecule has 57 heavy (non-hydrogen) atoms. The molecule has 0 saturated carbocycles. The Morgan fingerprint density at radius 3 is 1.95 bits per heavy atom. The Bertz CT molecular complexity index is 3670. The van der Waals surface area contributed by atoms with Gasteiger partial charge in [0.25, 0.3) is 0 Å². The number of furan rings is 1. The number of para-hydroxylation sites is 2. The van der Waals surface area contributed by atoms with Gasteiger partial charge in [-0.2, -0.15) is 0 Å². The smallest absolute Gasteiger partial charge is 0.136 e. The van der Waals surface area contributed by atoms with Crippen LogP contribution in [0.15, 0.2) is 174 Å². The highest BCUT2D eigenvalue weighted by Gasteiger charge is 2.35. The maximum Gasteiger partial charge on any atom is 0.136 e. The van der Waals surface area contributed by atoms with Crippen LogP contribution in [0, 0.1) is 0 Å².